The summed E-state index contributed by atoms with van der Waals surface area (Å²) in [6.45, 7) is 6.54. The van der Waals surface area contributed by atoms with Gasteiger partial charge in [-0.3, -0.25) is 4.57 Å². The molecule has 1 atom stereocenters. The molecular weight excluding hydrogens is 139 g/mol. The number of rotatable bonds is 3. The zero-order chi connectivity index (χ0) is 7.49. The van der Waals surface area contributed by atoms with Crippen molar-refractivity contribution in [2.45, 2.75) is 6.92 Å². The molecule has 0 aromatic carbocycles. The third-order valence-corrected chi connectivity index (χ3v) is 1.16. The van der Waals surface area contributed by atoms with Crippen molar-refractivity contribution in [2.24, 2.45) is 0 Å². The lowest BCUT2D eigenvalue weighted by molar-refractivity contribution is 0.287. The molecule has 1 unspecified atom stereocenters. The molecule has 4 heteroatoms. The fourth-order valence-electron chi connectivity index (χ4n) is 0.230. The smallest absolute Gasteiger partial charge is 0.324 e. The van der Waals surface area contributed by atoms with E-state index in [-0.39, 0.29) is 6.61 Å². The first kappa shape index (κ1) is 8.89. The Morgan fingerprint density at radius 3 is 2.44 bits per heavy atom. The molecule has 0 aliphatic rings. The van der Waals surface area contributed by atoms with E-state index in [1.807, 2.05) is 0 Å². The molecule has 0 heterocycles. The third-order valence-electron chi connectivity index (χ3n) is 0.550. The van der Waals surface area contributed by atoms with Crippen LogP contribution in [-0.2, 0) is 9.09 Å². The molecular formula is C5H11O3P. The van der Waals surface area contributed by atoms with Crippen LogP contribution < -0.4 is 0 Å². The van der Waals surface area contributed by atoms with Crippen molar-refractivity contribution in [1.29, 1.82) is 0 Å². The van der Waals surface area contributed by atoms with Gasteiger partial charge in [0.05, 0.1) is 6.61 Å². The van der Waals surface area contributed by atoms with Crippen LogP contribution in [0.2, 0.25) is 0 Å². The van der Waals surface area contributed by atoms with E-state index in [9.17, 15) is 4.57 Å². The molecule has 9 heavy (non-hydrogen) atoms. The van der Waals surface area contributed by atoms with Gasteiger partial charge in [0, 0.05) is 6.66 Å². The van der Waals surface area contributed by atoms with E-state index in [1.54, 1.807) is 6.92 Å². The highest BCUT2D eigenvalue weighted by Crippen LogP contribution is 2.36. The average Bonchev–Trinajstić information content (AvgIpc) is 1.59. The van der Waals surface area contributed by atoms with Gasteiger partial charge in [0.25, 0.3) is 0 Å². The van der Waals surface area contributed by atoms with Gasteiger partial charge in [0.2, 0.25) is 0 Å². The van der Waals surface area contributed by atoms with E-state index in [0.717, 1.165) is 12.2 Å². The van der Waals surface area contributed by atoms with Crippen LogP contribution in [0.1, 0.15) is 6.92 Å². The SMILES string of the molecule is C=C(C)COP(C)(=O)O. The van der Waals surface area contributed by atoms with Crippen molar-refractivity contribution in [2.75, 3.05) is 13.3 Å². The lowest BCUT2D eigenvalue weighted by Gasteiger charge is -2.04. The minimum Gasteiger partial charge on any atom is -0.324 e. The van der Waals surface area contributed by atoms with Gasteiger partial charge in [0.1, 0.15) is 0 Å². The highest BCUT2D eigenvalue weighted by atomic mass is 31.2. The normalized spacial score (nSPS) is 16.8. The molecule has 0 aromatic rings. The Hall–Kier alpha value is -0.110. The molecule has 0 radical (unpaired) electrons. The molecule has 0 aliphatic heterocycles. The summed E-state index contributed by atoms with van der Waals surface area (Å²) in [5.41, 5.74) is 0.742. The average molecular weight is 150 g/mol. The maximum atomic E-state index is 10.4. The van der Waals surface area contributed by atoms with Gasteiger partial charge < -0.3 is 9.42 Å². The van der Waals surface area contributed by atoms with Crippen molar-refractivity contribution in [3.63, 3.8) is 0 Å². The Balaban J connectivity index is 3.53. The summed E-state index contributed by atoms with van der Waals surface area (Å²) in [5.74, 6) is 0. The maximum absolute atomic E-state index is 10.4. The molecule has 54 valence electrons. The maximum Gasteiger partial charge on any atom is 0.325 e. The quantitative estimate of drug-likeness (QED) is 0.488. The number of hydrogen-bond donors (Lipinski definition) is 1. The molecule has 0 rings (SSSR count). The van der Waals surface area contributed by atoms with Crippen LogP contribution in [0.5, 0.6) is 0 Å². The lowest BCUT2D eigenvalue weighted by atomic mass is 10.4. The molecule has 0 aliphatic carbocycles. The summed E-state index contributed by atoms with van der Waals surface area (Å²) in [6, 6.07) is 0. The molecule has 0 aromatic heterocycles. The standard InChI is InChI=1S/C5H11O3P/c1-5(2)4-8-9(3,6)7/h1,4H2,2-3H3,(H,6,7). The fraction of sp³-hybridized carbons (Fsp3) is 0.600. The van der Waals surface area contributed by atoms with Crippen molar-refractivity contribution in [1.82, 2.24) is 0 Å². The molecule has 0 spiro atoms. The summed E-state index contributed by atoms with van der Waals surface area (Å²) < 4.78 is 14.9. The Morgan fingerprint density at radius 2 is 2.33 bits per heavy atom. The van der Waals surface area contributed by atoms with E-state index in [2.05, 4.69) is 11.1 Å². The minimum atomic E-state index is -3.28. The van der Waals surface area contributed by atoms with Gasteiger partial charge in [0.15, 0.2) is 0 Å². The van der Waals surface area contributed by atoms with E-state index in [0.29, 0.717) is 0 Å². The summed E-state index contributed by atoms with van der Waals surface area (Å²) >= 11 is 0. The first-order chi connectivity index (χ1) is 3.92. The fourth-order valence-corrected chi connectivity index (χ4v) is 0.690. The first-order valence-electron chi connectivity index (χ1n) is 2.51. The second-order valence-corrected chi connectivity index (χ2v) is 3.90. The third kappa shape index (κ3) is 7.89. The van der Waals surface area contributed by atoms with Crippen LogP contribution in [-0.4, -0.2) is 18.2 Å². The predicted molar refractivity (Wildman–Crippen MR) is 36.5 cm³/mol. The van der Waals surface area contributed by atoms with Crippen LogP contribution in [0, 0.1) is 0 Å². The van der Waals surface area contributed by atoms with Crippen molar-refractivity contribution < 1.29 is 14.0 Å². The van der Waals surface area contributed by atoms with Gasteiger partial charge in [-0.05, 0) is 6.92 Å². The lowest BCUT2D eigenvalue weighted by Crippen LogP contribution is -1.90. The predicted octanol–water partition coefficient (Wildman–Crippen LogP) is 1.39. The molecule has 1 N–H and O–H groups in total. The van der Waals surface area contributed by atoms with E-state index in [4.69, 9.17) is 4.89 Å². The zero-order valence-electron chi connectivity index (χ0n) is 5.63. The van der Waals surface area contributed by atoms with Crippen LogP contribution >= 0.6 is 7.60 Å². The second-order valence-electron chi connectivity index (χ2n) is 2.03. The van der Waals surface area contributed by atoms with Gasteiger partial charge in [-0.15, -0.1) is 0 Å². The highest BCUT2D eigenvalue weighted by Gasteiger charge is 2.08. The molecule has 3 nitrogen and oxygen atoms in total. The molecule has 0 saturated carbocycles. The van der Waals surface area contributed by atoms with Gasteiger partial charge in [-0.1, -0.05) is 12.2 Å². The number of hydrogen-bond acceptors (Lipinski definition) is 2. The van der Waals surface area contributed by atoms with E-state index >= 15 is 0 Å². The van der Waals surface area contributed by atoms with Gasteiger partial charge in [-0.2, -0.15) is 0 Å². The van der Waals surface area contributed by atoms with Gasteiger partial charge >= 0.3 is 7.60 Å². The van der Waals surface area contributed by atoms with Crippen LogP contribution in [0.25, 0.3) is 0 Å². The summed E-state index contributed by atoms with van der Waals surface area (Å²) in [4.78, 5) is 8.56. The van der Waals surface area contributed by atoms with Gasteiger partial charge in [-0.25, -0.2) is 0 Å². The van der Waals surface area contributed by atoms with Crippen LogP contribution in [0.15, 0.2) is 12.2 Å². The largest absolute Gasteiger partial charge is 0.325 e. The van der Waals surface area contributed by atoms with E-state index in [1.165, 1.54) is 0 Å². The summed E-state index contributed by atoms with van der Waals surface area (Å²) in [7, 11) is -3.28. The topological polar surface area (TPSA) is 46.5 Å². The Labute approximate surface area is 54.9 Å². The molecule has 0 saturated heterocycles. The Morgan fingerprint density at radius 1 is 1.89 bits per heavy atom. The Bertz CT molecular complexity index is 146. The van der Waals surface area contributed by atoms with E-state index < -0.39 is 7.60 Å². The van der Waals surface area contributed by atoms with Crippen LogP contribution in [0.4, 0.5) is 0 Å². The monoisotopic (exact) mass is 150 g/mol. The Kier molecular flexibility index (Phi) is 3.12. The minimum absolute atomic E-state index is 0.157. The molecule has 0 amide bonds. The first-order valence-corrected chi connectivity index (χ1v) is 4.53. The highest BCUT2D eigenvalue weighted by molar-refractivity contribution is 7.51. The zero-order valence-corrected chi connectivity index (χ0v) is 6.52. The van der Waals surface area contributed by atoms with Crippen LogP contribution in [0.3, 0.4) is 0 Å². The molecule has 0 bridgehead atoms. The van der Waals surface area contributed by atoms with Crippen molar-refractivity contribution in [3.05, 3.63) is 12.2 Å². The van der Waals surface area contributed by atoms with Crippen molar-refractivity contribution >= 4 is 7.60 Å². The summed E-state index contributed by atoms with van der Waals surface area (Å²) in [5, 5.41) is 0. The van der Waals surface area contributed by atoms with Crippen molar-refractivity contribution in [3.8, 4) is 0 Å². The molecule has 0 fully saturated rings. The second kappa shape index (κ2) is 3.16. The summed E-state index contributed by atoms with van der Waals surface area (Å²) in [6.07, 6.45) is 0.